The second-order valence-corrected chi connectivity index (χ2v) is 6.10. The third kappa shape index (κ3) is 2.31. The Bertz CT molecular complexity index is 449. The van der Waals surface area contributed by atoms with Crippen molar-refractivity contribution in [3.8, 4) is 0 Å². The molecule has 0 aliphatic carbocycles. The summed E-state index contributed by atoms with van der Waals surface area (Å²) in [5.41, 5.74) is 0.781. The Balaban J connectivity index is 1.74. The molecule has 2 atom stereocenters. The van der Waals surface area contributed by atoms with Gasteiger partial charge in [0.1, 0.15) is 0 Å². The van der Waals surface area contributed by atoms with Crippen LogP contribution in [0.5, 0.6) is 0 Å². The van der Waals surface area contributed by atoms with Crippen LogP contribution in [0.3, 0.4) is 0 Å². The fourth-order valence-corrected chi connectivity index (χ4v) is 3.42. The molecule has 3 rings (SSSR count). The van der Waals surface area contributed by atoms with Crippen LogP contribution in [0.1, 0.15) is 23.2 Å². The first-order valence-electron chi connectivity index (χ1n) is 6.52. The Kier molecular flexibility index (Phi) is 3.39. The third-order valence-electron chi connectivity index (χ3n) is 3.96. The number of piperidine rings is 1. The highest BCUT2D eigenvalue weighted by Crippen LogP contribution is 2.26. The summed E-state index contributed by atoms with van der Waals surface area (Å²) in [5.74, 6) is 0.808. The van der Waals surface area contributed by atoms with Crippen molar-refractivity contribution in [3.63, 3.8) is 0 Å². The highest BCUT2D eigenvalue weighted by molar-refractivity contribution is 9.10. The largest absolute Gasteiger partial charge is 0.337 e. The van der Waals surface area contributed by atoms with Gasteiger partial charge in [0.2, 0.25) is 0 Å². The van der Waals surface area contributed by atoms with E-state index in [9.17, 15) is 4.79 Å². The zero-order valence-corrected chi connectivity index (χ0v) is 11.8. The molecule has 2 aliphatic heterocycles. The van der Waals surface area contributed by atoms with Gasteiger partial charge in [0.05, 0.1) is 0 Å². The van der Waals surface area contributed by atoms with E-state index in [1.165, 1.54) is 12.8 Å². The van der Waals surface area contributed by atoms with Crippen molar-refractivity contribution in [3.05, 3.63) is 34.3 Å². The van der Waals surface area contributed by atoms with Crippen LogP contribution in [0, 0.1) is 5.92 Å². The SMILES string of the molecule is O=C(c1cccc(Br)c1)N1CC2CCCNC2C1. The number of amides is 1. The van der Waals surface area contributed by atoms with E-state index in [1.807, 2.05) is 29.2 Å². The summed E-state index contributed by atoms with van der Waals surface area (Å²) in [6.45, 7) is 2.86. The van der Waals surface area contributed by atoms with Gasteiger partial charge in [-0.25, -0.2) is 0 Å². The zero-order valence-electron chi connectivity index (χ0n) is 10.2. The lowest BCUT2D eigenvalue weighted by molar-refractivity contribution is 0.0785. The first-order chi connectivity index (χ1) is 8.74. The molecule has 1 N–H and O–H groups in total. The molecule has 0 aromatic heterocycles. The third-order valence-corrected chi connectivity index (χ3v) is 4.45. The van der Waals surface area contributed by atoms with E-state index in [-0.39, 0.29) is 5.91 Å². The van der Waals surface area contributed by atoms with Crippen molar-refractivity contribution in [2.45, 2.75) is 18.9 Å². The summed E-state index contributed by atoms with van der Waals surface area (Å²) in [6.07, 6.45) is 2.49. The molecule has 2 unspecified atom stereocenters. The molecule has 2 fully saturated rings. The lowest BCUT2D eigenvalue weighted by Crippen LogP contribution is -2.41. The fraction of sp³-hybridized carbons (Fsp3) is 0.500. The van der Waals surface area contributed by atoms with Gasteiger partial charge >= 0.3 is 0 Å². The summed E-state index contributed by atoms with van der Waals surface area (Å²) >= 11 is 3.42. The normalized spacial score (nSPS) is 27.1. The van der Waals surface area contributed by atoms with Gasteiger partial charge in [-0.1, -0.05) is 22.0 Å². The Hall–Kier alpha value is -0.870. The summed E-state index contributed by atoms with van der Waals surface area (Å²) in [5, 5.41) is 3.53. The maximum Gasteiger partial charge on any atom is 0.253 e. The van der Waals surface area contributed by atoms with E-state index < -0.39 is 0 Å². The standard InChI is InChI=1S/C14H17BrN2O/c15-12-5-1-3-10(7-12)14(18)17-8-11-4-2-6-16-13(11)9-17/h1,3,5,7,11,13,16H,2,4,6,8-9H2. The van der Waals surface area contributed by atoms with E-state index in [1.54, 1.807) is 0 Å². The van der Waals surface area contributed by atoms with Gasteiger partial charge in [0.25, 0.3) is 5.91 Å². The quantitative estimate of drug-likeness (QED) is 0.863. The van der Waals surface area contributed by atoms with Crippen LogP contribution in [0.15, 0.2) is 28.7 Å². The minimum Gasteiger partial charge on any atom is -0.337 e. The molecule has 4 heteroatoms. The van der Waals surface area contributed by atoms with Crippen LogP contribution in [-0.4, -0.2) is 36.5 Å². The van der Waals surface area contributed by atoms with Crippen LogP contribution in [0.25, 0.3) is 0 Å². The number of rotatable bonds is 1. The molecule has 1 aromatic rings. The highest BCUT2D eigenvalue weighted by Gasteiger charge is 2.36. The number of carbonyl (C=O) groups is 1. The number of nitrogens with one attached hydrogen (secondary N) is 1. The van der Waals surface area contributed by atoms with E-state index in [0.29, 0.717) is 12.0 Å². The van der Waals surface area contributed by atoms with Crippen LogP contribution >= 0.6 is 15.9 Å². The van der Waals surface area contributed by atoms with Gasteiger partial charge in [-0.05, 0) is 43.5 Å². The molecule has 2 aliphatic rings. The average Bonchev–Trinajstić information content (AvgIpc) is 2.81. The lowest BCUT2D eigenvalue weighted by Gasteiger charge is -2.24. The summed E-state index contributed by atoms with van der Waals surface area (Å²) in [7, 11) is 0. The molecule has 1 amide bonds. The molecule has 0 radical (unpaired) electrons. The monoisotopic (exact) mass is 308 g/mol. The second-order valence-electron chi connectivity index (χ2n) is 5.18. The zero-order chi connectivity index (χ0) is 12.5. The summed E-state index contributed by atoms with van der Waals surface area (Å²) in [6, 6.07) is 8.16. The number of carbonyl (C=O) groups excluding carboxylic acids is 1. The van der Waals surface area contributed by atoms with Crippen LogP contribution in [-0.2, 0) is 0 Å². The first kappa shape index (κ1) is 12.2. The second kappa shape index (κ2) is 5.02. The van der Waals surface area contributed by atoms with E-state index in [2.05, 4.69) is 21.2 Å². The Morgan fingerprint density at radius 2 is 2.28 bits per heavy atom. The number of nitrogens with zero attached hydrogens (tertiary/aromatic N) is 1. The number of hydrogen-bond donors (Lipinski definition) is 1. The number of hydrogen-bond acceptors (Lipinski definition) is 2. The van der Waals surface area contributed by atoms with Gasteiger partial charge in [-0.3, -0.25) is 4.79 Å². The van der Waals surface area contributed by atoms with Gasteiger partial charge in [-0.2, -0.15) is 0 Å². The van der Waals surface area contributed by atoms with Gasteiger partial charge in [0.15, 0.2) is 0 Å². The predicted molar refractivity (Wildman–Crippen MR) is 74.6 cm³/mol. The number of halogens is 1. The lowest BCUT2D eigenvalue weighted by atomic mass is 9.94. The van der Waals surface area contributed by atoms with Crippen molar-refractivity contribution < 1.29 is 4.79 Å². The molecule has 3 nitrogen and oxygen atoms in total. The van der Waals surface area contributed by atoms with Crippen molar-refractivity contribution >= 4 is 21.8 Å². The van der Waals surface area contributed by atoms with Crippen molar-refractivity contribution in [2.75, 3.05) is 19.6 Å². The molecular formula is C14H17BrN2O. The fourth-order valence-electron chi connectivity index (χ4n) is 3.02. The molecule has 96 valence electrons. The van der Waals surface area contributed by atoms with Crippen molar-refractivity contribution in [1.82, 2.24) is 10.2 Å². The Morgan fingerprint density at radius 1 is 1.39 bits per heavy atom. The minimum atomic E-state index is 0.160. The number of benzene rings is 1. The first-order valence-corrected chi connectivity index (χ1v) is 7.31. The van der Waals surface area contributed by atoms with Crippen molar-refractivity contribution in [2.24, 2.45) is 5.92 Å². The highest BCUT2D eigenvalue weighted by atomic mass is 79.9. The molecule has 2 heterocycles. The van der Waals surface area contributed by atoms with E-state index in [4.69, 9.17) is 0 Å². The van der Waals surface area contributed by atoms with E-state index >= 15 is 0 Å². The Morgan fingerprint density at radius 3 is 3.06 bits per heavy atom. The predicted octanol–water partition coefficient (Wildman–Crippen LogP) is 2.27. The van der Waals surface area contributed by atoms with Crippen LogP contribution in [0.4, 0.5) is 0 Å². The minimum absolute atomic E-state index is 0.160. The Labute approximate surface area is 116 Å². The van der Waals surface area contributed by atoms with Gasteiger partial charge < -0.3 is 10.2 Å². The summed E-state index contributed by atoms with van der Waals surface area (Å²) in [4.78, 5) is 14.4. The molecule has 0 bridgehead atoms. The van der Waals surface area contributed by atoms with Gasteiger partial charge in [-0.15, -0.1) is 0 Å². The van der Waals surface area contributed by atoms with Gasteiger partial charge in [0, 0.05) is 29.2 Å². The van der Waals surface area contributed by atoms with E-state index in [0.717, 1.165) is 29.7 Å². The molecular weight excluding hydrogens is 292 g/mol. The maximum atomic E-state index is 12.4. The molecule has 0 saturated carbocycles. The molecule has 1 aromatic carbocycles. The van der Waals surface area contributed by atoms with Crippen LogP contribution in [0.2, 0.25) is 0 Å². The maximum absolute atomic E-state index is 12.4. The van der Waals surface area contributed by atoms with Crippen LogP contribution < -0.4 is 5.32 Å². The number of likely N-dealkylation sites (tertiary alicyclic amines) is 1. The molecule has 18 heavy (non-hydrogen) atoms. The summed E-state index contributed by atoms with van der Waals surface area (Å²) < 4.78 is 0.961. The molecule has 0 spiro atoms. The average molecular weight is 309 g/mol. The molecule has 2 saturated heterocycles. The topological polar surface area (TPSA) is 32.3 Å². The smallest absolute Gasteiger partial charge is 0.253 e. The van der Waals surface area contributed by atoms with Crippen molar-refractivity contribution in [1.29, 1.82) is 0 Å². The number of fused-ring (bicyclic) bond motifs is 1.